The molecule has 4 aromatic rings. The third kappa shape index (κ3) is 4.53. The third-order valence-corrected chi connectivity index (χ3v) is 6.60. The molecule has 1 N–H and O–H groups in total. The van der Waals surface area contributed by atoms with Crippen molar-refractivity contribution in [2.45, 2.75) is 46.6 Å². The van der Waals surface area contributed by atoms with Crippen molar-refractivity contribution in [1.29, 1.82) is 0 Å². The summed E-state index contributed by atoms with van der Waals surface area (Å²) in [4.78, 5) is 21.0. The van der Waals surface area contributed by atoms with Crippen LogP contribution in [0.5, 0.6) is 11.6 Å². The first-order valence-electron chi connectivity index (χ1n) is 12.5. The summed E-state index contributed by atoms with van der Waals surface area (Å²) in [6, 6.07) is 3.73. The van der Waals surface area contributed by atoms with E-state index in [9.17, 15) is 9.90 Å². The summed E-state index contributed by atoms with van der Waals surface area (Å²) in [6.45, 7) is 9.50. The van der Waals surface area contributed by atoms with E-state index in [1.807, 2.05) is 40.1 Å². The van der Waals surface area contributed by atoms with E-state index in [0.29, 0.717) is 43.5 Å². The van der Waals surface area contributed by atoms with E-state index in [1.165, 1.54) is 6.07 Å². The van der Waals surface area contributed by atoms with Crippen LogP contribution in [0, 0.1) is 13.8 Å². The zero-order valence-electron chi connectivity index (χ0n) is 21.4. The number of carboxylic acid groups (broad SMARTS) is 1. The second kappa shape index (κ2) is 10.2. The highest BCUT2D eigenvalue weighted by Gasteiger charge is 2.27. The van der Waals surface area contributed by atoms with Crippen LogP contribution in [0.3, 0.4) is 0 Å². The smallest absolute Gasteiger partial charge is 0.354 e. The number of pyridine rings is 2. The van der Waals surface area contributed by atoms with Gasteiger partial charge in [0.1, 0.15) is 17.2 Å². The maximum Gasteiger partial charge on any atom is 0.354 e. The molecule has 0 unspecified atom stereocenters. The maximum absolute atomic E-state index is 11.8. The predicted molar refractivity (Wildman–Crippen MR) is 136 cm³/mol. The lowest BCUT2D eigenvalue weighted by molar-refractivity contribution is 0.0688. The third-order valence-electron chi connectivity index (χ3n) is 6.60. The van der Waals surface area contributed by atoms with Crippen molar-refractivity contribution in [2.75, 3.05) is 26.4 Å². The molecule has 10 heteroatoms. The van der Waals surface area contributed by atoms with E-state index < -0.39 is 5.97 Å². The summed E-state index contributed by atoms with van der Waals surface area (Å²) in [7, 11) is 0. The van der Waals surface area contributed by atoms with Crippen LogP contribution in [0.15, 0.2) is 29.0 Å². The molecule has 1 aliphatic rings. The molecule has 0 spiro atoms. The number of fused-ring (bicyclic) bond motifs is 1. The average molecular weight is 507 g/mol. The number of hydrogen-bond donors (Lipinski definition) is 1. The first kappa shape index (κ1) is 24.8. The molecule has 5 heterocycles. The number of aromatic carboxylic acids is 1. The number of rotatable bonds is 8. The van der Waals surface area contributed by atoms with Gasteiger partial charge in [-0.3, -0.25) is 0 Å². The minimum atomic E-state index is -1.15. The molecule has 0 aliphatic carbocycles. The summed E-state index contributed by atoms with van der Waals surface area (Å²) < 4.78 is 25.0. The fourth-order valence-electron chi connectivity index (χ4n) is 4.97. The van der Waals surface area contributed by atoms with Crippen molar-refractivity contribution >= 4 is 17.0 Å². The van der Waals surface area contributed by atoms with Crippen molar-refractivity contribution in [3.05, 3.63) is 41.7 Å². The molecule has 0 radical (unpaired) electrons. The van der Waals surface area contributed by atoms with Crippen LogP contribution in [0.2, 0.25) is 0 Å². The topological polar surface area (TPSA) is 122 Å². The van der Waals surface area contributed by atoms with Crippen LogP contribution >= 0.6 is 0 Å². The molecule has 0 saturated carbocycles. The summed E-state index contributed by atoms with van der Waals surface area (Å²) in [5.41, 5.74) is 4.63. The fraction of sp³-hybridized carbons (Fsp3) is 0.407. The Bertz CT molecular complexity index is 1400. The second-order valence-electron chi connectivity index (χ2n) is 8.94. The van der Waals surface area contributed by atoms with Gasteiger partial charge in [-0.05, 0) is 46.6 Å². The number of ether oxygens (including phenoxy) is 3. The number of aryl methyl sites for hydroxylation is 2. The molecule has 10 nitrogen and oxygen atoms in total. The number of carboxylic acids is 1. The Labute approximate surface area is 214 Å². The largest absolute Gasteiger partial charge is 0.493 e. The molecule has 0 atom stereocenters. The predicted octanol–water partition coefficient (Wildman–Crippen LogP) is 5.22. The molecular weight excluding hydrogens is 476 g/mol. The highest BCUT2D eigenvalue weighted by molar-refractivity contribution is 6.00. The van der Waals surface area contributed by atoms with Crippen molar-refractivity contribution in [3.8, 4) is 33.9 Å². The lowest BCUT2D eigenvalue weighted by Crippen LogP contribution is -2.19. The summed E-state index contributed by atoms with van der Waals surface area (Å²) in [6.07, 6.45) is 5.62. The van der Waals surface area contributed by atoms with Gasteiger partial charge in [0.15, 0.2) is 5.69 Å². The average Bonchev–Trinajstić information content (AvgIpc) is 3.43. The normalized spacial score (nSPS) is 14.3. The molecular formula is C27H30N4O6. The highest BCUT2D eigenvalue weighted by Crippen LogP contribution is 2.44. The van der Waals surface area contributed by atoms with Crippen molar-refractivity contribution in [1.82, 2.24) is 19.7 Å². The zero-order valence-corrected chi connectivity index (χ0v) is 21.4. The van der Waals surface area contributed by atoms with Gasteiger partial charge in [-0.1, -0.05) is 5.16 Å². The van der Waals surface area contributed by atoms with Crippen molar-refractivity contribution in [3.63, 3.8) is 0 Å². The minimum Gasteiger partial charge on any atom is -0.493 e. The van der Waals surface area contributed by atoms with Gasteiger partial charge in [-0.25, -0.2) is 14.8 Å². The molecule has 5 rings (SSSR count). The van der Waals surface area contributed by atoms with E-state index >= 15 is 0 Å². The molecule has 37 heavy (non-hydrogen) atoms. The minimum absolute atomic E-state index is 0.140. The Hall–Kier alpha value is -3.92. The van der Waals surface area contributed by atoms with E-state index in [0.717, 1.165) is 46.3 Å². The summed E-state index contributed by atoms with van der Waals surface area (Å²) >= 11 is 0. The van der Waals surface area contributed by atoms with Gasteiger partial charge in [0.25, 0.3) is 0 Å². The maximum atomic E-state index is 11.8. The molecule has 194 valence electrons. The molecule has 1 saturated heterocycles. The molecule has 1 aliphatic heterocycles. The van der Waals surface area contributed by atoms with Gasteiger partial charge in [0, 0.05) is 59.8 Å². The number of nitrogens with zero attached hydrogens (tertiary/aromatic N) is 4. The monoisotopic (exact) mass is 506 g/mol. The van der Waals surface area contributed by atoms with Crippen LogP contribution in [0.1, 0.15) is 54.7 Å². The Morgan fingerprint density at radius 1 is 1.14 bits per heavy atom. The standard InChI is InChI=1S/C27H30N4O6/c1-5-35-22-12-21(27(32)33)29-26(36-6-2)24(22)20-14-31(18-7-9-34-10-8-18)25-19(20)11-17(13-28-25)23-15(3)30-37-16(23)4/h11-14,18H,5-10H2,1-4H3,(H,32,33). The van der Waals surface area contributed by atoms with Gasteiger partial charge in [-0.15, -0.1) is 0 Å². The second-order valence-corrected chi connectivity index (χ2v) is 8.94. The van der Waals surface area contributed by atoms with Gasteiger partial charge in [0.05, 0.1) is 24.5 Å². The van der Waals surface area contributed by atoms with Crippen molar-refractivity contribution < 1.29 is 28.6 Å². The highest BCUT2D eigenvalue weighted by atomic mass is 16.5. The summed E-state index contributed by atoms with van der Waals surface area (Å²) in [5.74, 6) is 0.161. The number of aromatic nitrogens is 4. The van der Waals surface area contributed by atoms with Crippen molar-refractivity contribution in [2.24, 2.45) is 0 Å². The fourth-order valence-corrected chi connectivity index (χ4v) is 4.97. The lowest BCUT2D eigenvalue weighted by Gasteiger charge is -2.24. The first-order chi connectivity index (χ1) is 17.9. The molecule has 0 amide bonds. The molecule has 0 bridgehead atoms. The molecule has 0 aromatic carbocycles. The van der Waals surface area contributed by atoms with E-state index in [1.54, 1.807) is 0 Å². The Morgan fingerprint density at radius 3 is 2.54 bits per heavy atom. The van der Waals surface area contributed by atoms with E-state index in [4.69, 9.17) is 23.7 Å². The van der Waals surface area contributed by atoms with Crippen LogP contribution in [-0.4, -0.2) is 57.2 Å². The van der Waals surface area contributed by atoms with Crippen LogP contribution < -0.4 is 9.47 Å². The van der Waals surface area contributed by atoms with Crippen LogP contribution in [0.25, 0.3) is 33.3 Å². The lowest BCUT2D eigenvalue weighted by atomic mass is 10.0. The van der Waals surface area contributed by atoms with Gasteiger partial charge in [-0.2, -0.15) is 0 Å². The van der Waals surface area contributed by atoms with Crippen LogP contribution in [0.4, 0.5) is 0 Å². The van der Waals surface area contributed by atoms with Crippen LogP contribution in [-0.2, 0) is 4.74 Å². The quantitative estimate of drug-likeness (QED) is 0.343. The zero-order chi connectivity index (χ0) is 26.1. The first-order valence-corrected chi connectivity index (χ1v) is 12.5. The molecule has 1 fully saturated rings. The Kier molecular flexibility index (Phi) is 6.84. The Balaban J connectivity index is 1.81. The summed E-state index contributed by atoms with van der Waals surface area (Å²) in [5, 5.41) is 14.6. The SMILES string of the molecule is CCOc1cc(C(=O)O)nc(OCC)c1-c1cn(C2CCOCC2)c2ncc(-c3c(C)noc3C)cc12. The van der Waals surface area contributed by atoms with E-state index in [2.05, 4.69) is 20.8 Å². The number of hydrogen-bond acceptors (Lipinski definition) is 8. The molecule has 4 aromatic heterocycles. The Morgan fingerprint density at radius 2 is 1.89 bits per heavy atom. The van der Waals surface area contributed by atoms with Gasteiger partial charge >= 0.3 is 5.97 Å². The number of carbonyl (C=O) groups is 1. The van der Waals surface area contributed by atoms with Gasteiger partial charge in [0.2, 0.25) is 5.88 Å². The van der Waals surface area contributed by atoms with E-state index in [-0.39, 0.29) is 17.6 Å². The van der Waals surface area contributed by atoms with Gasteiger partial charge < -0.3 is 28.4 Å².